The number of benzene rings is 1. The quantitative estimate of drug-likeness (QED) is 0.831. The van der Waals surface area contributed by atoms with Crippen LogP contribution in [0.2, 0.25) is 0 Å². The second-order valence-corrected chi connectivity index (χ2v) is 8.10. The first-order valence-corrected chi connectivity index (χ1v) is 8.42. The summed E-state index contributed by atoms with van der Waals surface area (Å²) in [6.45, 7) is 10.3. The summed E-state index contributed by atoms with van der Waals surface area (Å²) in [6.07, 6.45) is -0.730. The molecule has 1 aliphatic rings. The molecule has 26 heavy (non-hydrogen) atoms. The summed E-state index contributed by atoms with van der Waals surface area (Å²) in [5, 5.41) is 2.51. The summed E-state index contributed by atoms with van der Waals surface area (Å²) >= 11 is 0. The molecule has 2 amide bonds. The van der Waals surface area contributed by atoms with Gasteiger partial charge in [-0.25, -0.2) is 14.2 Å². The number of aliphatic imine (C=N–C) groups is 1. The molecule has 7 heteroatoms. The van der Waals surface area contributed by atoms with Crippen molar-refractivity contribution in [1.82, 2.24) is 10.2 Å². The lowest BCUT2D eigenvalue weighted by Gasteiger charge is -2.46. The van der Waals surface area contributed by atoms with E-state index in [9.17, 15) is 14.0 Å². The van der Waals surface area contributed by atoms with Crippen molar-refractivity contribution < 1.29 is 18.7 Å². The fraction of sp³-hybridized carbons (Fsp3) is 0.526. The van der Waals surface area contributed by atoms with Crippen molar-refractivity contribution >= 4 is 18.0 Å². The van der Waals surface area contributed by atoms with Crippen molar-refractivity contribution in [3.8, 4) is 0 Å². The average molecular weight is 363 g/mol. The Morgan fingerprint density at radius 2 is 1.81 bits per heavy atom. The molecule has 1 atom stereocenters. The number of halogens is 1. The molecule has 0 bridgehead atoms. The standard InChI is InChI=1S/C19H26FN3O3/c1-17(2,3)26-16(25)21-15-22-19(6,12-10-8-9-11-13(12)20)18(4,5)14(24)23(15)7/h8-11H,1-7H3,(H,21,22,25). The third-order valence-corrected chi connectivity index (χ3v) is 4.71. The predicted molar refractivity (Wildman–Crippen MR) is 97.1 cm³/mol. The van der Waals surface area contributed by atoms with Gasteiger partial charge >= 0.3 is 6.09 Å². The molecule has 1 heterocycles. The number of nitrogens with one attached hydrogen (secondary N) is 1. The van der Waals surface area contributed by atoms with Gasteiger partial charge in [-0.15, -0.1) is 0 Å². The Balaban J connectivity index is 2.52. The maximum absolute atomic E-state index is 14.5. The van der Waals surface area contributed by atoms with Gasteiger partial charge < -0.3 is 4.74 Å². The minimum absolute atomic E-state index is 0.0225. The van der Waals surface area contributed by atoms with E-state index in [1.54, 1.807) is 59.7 Å². The molecule has 0 spiro atoms. The molecular formula is C19H26FN3O3. The molecule has 1 aliphatic heterocycles. The van der Waals surface area contributed by atoms with E-state index >= 15 is 0 Å². The van der Waals surface area contributed by atoms with Crippen LogP contribution in [-0.4, -0.2) is 35.5 Å². The van der Waals surface area contributed by atoms with Crippen molar-refractivity contribution in [3.63, 3.8) is 0 Å². The van der Waals surface area contributed by atoms with Crippen LogP contribution in [0.1, 0.15) is 47.1 Å². The van der Waals surface area contributed by atoms with E-state index in [0.717, 1.165) is 0 Å². The fourth-order valence-electron chi connectivity index (χ4n) is 2.91. The van der Waals surface area contributed by atoms with Gasteiger partial charge in [0.1, 0.15) is 17.0 Å². The van der Waals surface area contributed by atoms with E-state index < -0.39 is 28.5 Å². The van der Waals surface area contributed by atoms with E-state index in [4.69, 9.17) is 4.74 Å². The molecule has 0 aliphatic carbocycles. The van der Waals surface area contributed by atoms with Crippen LogP contribution < -0.4 is 5.32 Å². The zero-order chi connectivity index (χ0) is 19.9. The van der Waals surface area contributed by atoms with Crippen molar-refractivity contribution in [2.24, 2.45) is 10.4 Å². The van der Waals surface area contributed by atoms with Gasteiger partial charge in [-0.1, -0.05) is 18.2 Å². The van der Waals surface area contributed by atoms with Crippen molar-refractivity contribution in [2.45, 2.75) is 52.7 Å². The van der Waals surface area contributed by atoms with Gasteiger partial charge in [0, 0.05) is 12.6 Å². The highest BCUT2D eigenvalue weighted by Crippen LogP contribution is 2.47. The van der Waals surface area contributed by atoms with Crippen molar-refractivity contribution in [3.05, 3.63) is 35.6 Å². The number of guanidine groups is 1. The molecule has 1 unspecified atom stereocenters. The van der Waals surface area contributed by atoms with Gasteiger partial charge in [0.15, 0.2) is 0 Å². The topological polar surface area (TPSA) is 71.0 Å². The first-order valence-electron chi connectivity index (χ1n) is 8.42. The molecule has 1 aromatic carbocycles. The molecule has 0 aromatic heterocycles. The van der Waals surface area contributed by atoms with Gasteiger partial charge in [-0.3, -0.25) is 15.0 Å². The van der Waals surface area contributed by atoms with E-state index in [1.165, 1.54) is 18.0 Å². The summed E-state index contributed by atoms with van der Waals surface area (Å²) in [5.74, 6) is -0.723. The number of carbonyl (C=O) groups is 2. The minimum Gasteiger partial charge on any atom is -0.444 e. The molecule has 0 saturated carbocycles. The first-order chi connectivity index (χ1) is 11.8. The summed E-state index contributed by atoms with van der Waals surface area (Å²) in [4.78, 5) is 30.9. The van der Waals surface area contributed by atoms with E-state index in [-0.39, 0.29) is 17.4 Å². The summed E-state index contributed by atoms with van der Waals surface area (Å²) in [5.41, 5.74) is -2.64. The summed E-state index contributed by atoms with van der Waals surface area (Å²) in [6, 6.07) is 6.20. The molecule has 0 radical (unpaired) electrons. The van der Waals surface area contributed by atoms with Gasteiger partial charge in [0.05, 0.1) is 5.41 Å². The molecule has 1 aromatic rings. The van der Waals surface area contributed by atoms with Gasteiger partial charge in [-0.05, 0) is 47.6 Å². The Morgan fingerprint density at radius 3 is 2.35 bits per heavy atom. The second kappa shape index (κ2) is 6.37. The normalized spacial score (nSPS) is 22.7. The lowest BCUT2D eigenvalue weighted by molar-refractivity contribution is -0.140. The largest absolute Gasteiger partial charge is 0.444 e. The molecule has 0 fully saturated rings. The molecule has 142 valence electrons. The molecular weight excluding hydrogens is 337 g/mol. The number of alkyl carbamates (subject to hydrolysis) is 1. The van der Waals surface area contributed by atoms with E-state index in [0.29, 0.717) is 0 Å². The lowest BCUT2D eigenvalue weighted by Crippen LogP contribution is -2.60. The van der Waals surface area contributed by atoms with Gasteiger partial charge in [0.25, 0.3) is 0 Å². The molecule has 6 nitrogen and oxygen atoms in total. The zero-order valence-corrected chi connectivity index (χ0v) is 16.3. The SMILES string of the molecule is CN1C(=O)C(C)(C)C(C)(c2ccccc2F)N=C1NC(=O)OC(C)(C)C. The van der Waals surface area contributed by atoms with Crippen LogP contribution in [0.25, 0.3) is 0 Å². The lowest BCUT2D eigenvalue weighted by atomic mass is 9.67. The number of carbonyl (C=O) groups excluding carboxylic acids is 2. The summed E-state index contributed by atoms with van der Waals surface area (Å²) in [7, 11) is 1.52. The number of hydrogen-bond donors (Lipinski definition) is 1. The number of ether oxygens (including phenoxy) is 1. The zero-order valence-electron chi connectivity index (χ0n) is 16.3. The van der Waals surface area contributed by atoms with E-state index in [2.05, 4.69) is 10.3 Å². The Labute approximate surface area is 153 Å². The Hall–Kier alpha value is -2.44. The van der Waals surface area contributed by atoms with Crippen LogP contribution in [0.3, 0.4) is 0 Å². The Morgan fingerprint density at radius 1 is 1.23 bits per heavy atom. The highest BCUT2D eigenvalue weighted by atomic mass is 19.1. The maximum Gasteiger partial charge on any atom is 0.414 e. The van der Waals surface area contributed by atoms with Crippen LogP contribution in [0.4, 0.5) is 9.18 Å². The molecule has 0 saturated heterocycles. The number of nitrogens with zero attached hydrogens (tertiary/aromatic N) is 2. The number of hydrogen-bond acceptors (Lipinski definition) is 4. The maximum atomic E-state index is 14.5. The number of rotatable bonds is 1. The smallest absolute Gasteiger partial charge is 0.414 e. The van der Waals surface area contributed by atoms with Gasteiger partial charge in [-0.2, -0.15) is 0 Å². The first kappa shape index (κ1) is 19.9. The molecule has 1 N–H and O–H groups in total. The highest BCUT2D eigenvalue weighted by Gasteiger charge is 2.54. The number of amides is 2. The average Bonchev–Trinajstić information content (AvgIpc) is 2.49. The van der Waals surface area contributed by atoms with Crippen molar-refractivity contribution in [1.29, 1.82) is 0 Å². The Bertz CT molecular complexity index is 768. The summed E-state index contributed by atoms with van der Waals surface area (Å²) < 4.78 is 19.7. The van der Waals surface area contributed by atoms with E-state index in [1.807, 2.05) is 0 Å². The fourth-order valence-corrected chi connectivity index (χ4v) is 2.91. The third-order valence-electron chi connectivity index (χ3n) is 4.71. The minimum atomic E-state index is -1.20. The second-order valence-electron chi connectivity index (χ2n) is 8.10. The van der Waals surface area contributed by atoms with Gasteiger partial charge in [0.2, 0.25) is 11.9 Å². The highest BCUT2D eigenvalue weighted by molar-refractivity contribution is 6.06. The Kier molecular flexibility index (Phi) is 4.87. The van der Waals surface area contributed by atoms with Crippen LogP contribution in [0.15, 0.2) is 29.3 Å². The monoisotopic (exact) mass is 363 g/mol. The molecule has 2 rings (SSSR count). The van der Waals surface area contributed by atoms with Crippen LogP contribution in [0, 0.1) is 11.2 Å². The third kappa shape index (κ3) is 3.43. The van der Waals surface area contributed by atoms with Crippen LogP contribution in [-0.2, 0) is 15.1 Å². The predicted octanol–water partition coefficient (Wildman–Crippen LogP) is 3.42. The van der Waals surface area contributed by atoms with Crippen LogP contribution in [0.5, 0.6) is 0 Å². The van der Waals surface area contributed by atoms with Crippen LogP contribution >= 0.6 is 0 Å². The van der Waals surface area contributed by atoms with Crippen molar-refractivity contribution in [2.75, 3.05) is 7.05 Å².